The number of amides is 1. The molecular formula is C12H12FN3O. The Morgan fingerprint density at radius 3 is 2.82 bits per heavy atom. The van der Waals surface area contributed by atoms with Gasteiger partial charge in [-0.25, -0.2) is 4.39 Å². The molecule has 1 aliphatic carbocycles. The van der Waals surface area contributed by atoms with Crippen molar-refractivity contribution in [3.8, 4) is 6.07 Å². The van der Waals surface area contributed by atoms with Gasteiger partial charge in [-0.15, -0.1) is 0 Å². The van der Waals surface area contributed by atoms with Gasteiger partial charge in [0.05, 0.1) is 5.56 Å². The number of nitrogens with one attached hydrogen (secondary N) is 1. The standard InChI is InChI=1S/C12H12FN3O/c13-10-4-1-7(5-8(10)6-14)11(12(15)17)16-9-2-3-9/h1,4-5,9,11,16H,2-3H2,(H2,15,17). The summed E-state index contributed by atoms with van der Waals surface area (Å²) in [5.74, 6) is -1.11. The Kier molecular flexibility index (Phi) is 3.07. The summed E-state index contributed by atoms with van der Waals surface area (Å²) in [6.07, 6.45) is 2.02. The average molecular weight is 233 g/mol. The van der Waals surface area contributed by atoms with Crippen LogP contribution in [0.3, 0.4) is 0 Å². The number of hydrogen-bond donors (Lipinski definition) is 2. The molecule has 0 aromatic heterocycles. The number of primary amides is 1. The van der Waals surface area contributed by atoms with Crippen LogP contribution < -0.4 is 11.1 Å². The highest BCUT2D eigenvalue weighted by Crippen LogP contribution is 2.25. The van der Waals surface area contributed by atoms with Crippen molar-refractivity contribution in [3.63, 3.8) is 0 Å². The third-order valence-corrected chi connectivity index (χ3v) is 2.71. The van der Waals surface area contributed by atoms with E-state index in [1.165, 1.54) is 18.2 Å². The van der Waals surface area contributed by atoms with Crippen molar-refractivity contribution in [2.75, 3.05) is 0 Å². The van der Waals surface area contributed by atoms with Crippen molar-refractivity contribution in [1.82, 2.24) is 5.32 Å². The molecule has 0 bridgehead atoms. The van der Waals surface area contributed by atoms with E-state index in [4.69, 9.17) is 11.0 Å². The Bertz CT molecular complexity index is 491. The fourth-order valence-electron chi connectivity index (χ4n) is 1.64. The van der Waals surface area contributed by atoms with E-state index >= 15 is 0 Å². The molecule has 0 spiro atoms. The summed E-state index contributed by atoms with van der Waals surface area (Å²) in [7, 11) is 0. The van der Waals surface area contributed by atoms with E-state index in [-0.39, 0.29) is 5.56 Å². The molecule has 1 saturated carbocycles. The van der Waals surface area contributed by atoms with Crippen LogP contribution in [0.4, 0.5) is 4.39 Å². The molecule has 4 nitrogen and oxygen atoms in total. The molecule has 1 aromatic rings. The van der Waals surface area contributed by atoms with Gasteiger partial charge >= 0.3 is 0 Å². The summed E-state index contributed by atoms with van der Waals surface area (Å²) in [5, 5.41) is 11.8. The predicted molar refractivity (Wildman–Crippen MR) is 59.2 cm³/mol. The normalized spacial score (nSPS) is 16.2. The molecule has 0 saturated heterocycles. The number of nitriles is 1. The molecule has 0 aliphatic heterocycles. The first-order valence-corrected chi connectivity index (χ1v) is 5.36. The fourth-order valence-corrected chi connectivity index (χ4v) is 1.64. The molecule has 3 N–H and O–H groups in total. The van der Waals surface area contributed by atoms with Gasteiger partial charge in [0, 0.05) is 6.04 Å². The van der Waals surface area contributed by atoms with Gasteiger partial charge in [0.15, 0.2) is 0 Å². The minimum atomic E-state index is -0.657. The highest BCUT2D eigenvalue weighted by atomic mass is 19.1. The van der Waals surface area contributed by atoms with Crippen molar-refractivity contribution in [2.45, 2.75) is 24.9 Å². The van der Waals surface area contributed by atoms with Crippen LogP contribution in [0.2, 0.25) is 0 Å². The van der Waals surface area contributed by atoms with Crippen LogP contribution in [0.1, 0.15) is 30.0 Å². The van der Waals surface area contributed by atoms with Gasteiger partial charge in [0.1, 0.15) is 17.9 Å². The molecule has 1 atom stereocenters. The van der Waals surface area contributed by atoms with Gasteiger partial charge in [-0.3, -0.25) is 10.1 Å². The first-order valence-electron chi connectivity index (χ1n) is 5.36. The maximum atomic E-state index is 13.2. The topological polar surface area (TPSA) is 78.9 Å². The van der Waals surface area contributed by atoms with Crippen LogP contribution in [0, 0.1) is 17.1 Å². The smallest absolute Gasteiger partial charge is 0.239 e. The fraction of sp³-hybridized carbons (Fsp3) is 0.333. The zero-order valence-electron chi connectivity index (χ0n) is 9.11. The first-order chi connectivity index (χ1) is 8.11. The zero-order valence-corrected chi connectivity index (χ0v) is 9.11. The second-order valence-corrected chi connectivity index (χ2v) is 4.13. The molecule has 2 rings (SSSR count). The number of nitrogens with zero attached hydrogens (tertiary/aromatic N) is 1. The molecule has 88 valence electrons. The highest BCUT2D eigenvalue weighted by molar-refractivity contribution is 5.81. The SMILES string of the molecule is N#Cc1cc(C(NC2CC2)C(N)=O)ccc1F. The zero-order chi connectivity index (χ0) is 12.4. The second kappa shape index (κ2) is 4.52. The molecule has 1 aliphatic rings. The molecule has 1 unspecified atom stereocenters. The van der Waals surface area contributed by atoms with Crippen LogP contribution in [0.25, 0.3) is 0 Å². The van der Waals surface area contributed by atoms with Gasteiger partial charge in [-0.1, -0.05) is 6.07 Å². The number of halogens is 1. The van der Waals surface area contributed by atoms with Crippen LogP contribution in [0.15, 0.2) is 18.2 Å². The molecule has 1 amide bonds. The molecule has 17 heavy (non-hydrogen) atoms. The van der Waals surface area contributed by atoms with Crippen LogP contribution in [-0.2, 0) is 4.79 Å². The van der Waals surface area contributed by atoms with E-state index in [1.54, 1.807) is 6.07 Å². The number of carbonyl (C=O) groups excluding carboxylic acids is 1. The summed E-state index contributed by atoms with van der Waals surface area (Å²) in [4.78, 5) is 11.3. The lowest BCUT2D eigenvalue weighted by atomic mass is 10.0. The molecule has 0 radical (unpaired) electrons. The maximum Gasteiger partial charge on any atom is 0.239 e. The van der Waals surface area contributed by atoms with Gasteiger partial charge in [-0.05, 0) is 30.5 Å². The van der Waals surface area contributed by atoms with Gasteiger partial charge < -0.3 is 5.73 Å². The van der Waals surface area contributed by atoms with E-state index in [2.05, 4.69) is 5.32 Å². The minimum Gasteiger partial charge on any atom is -0.368 e. The lowest BCUT2D eigenvalue weighted by molar-refractivity contribution is -0.120. The van der Waals surface area contributed by atoms with Crippen molar-refractivity contribution in [3.05, 3.63) is 35.1 Å². The number of carbonyl (C=O) groups is 1. The molecule has 0 heterocycles. The Morgan fingerprint density at radius 2 is 2.29 bits per heavy atom. The largest absolute Gasteiger partial charge is 0.368 e. The quantitative estimate of drug-likeness (QED) is 0.813. The van der Waals surface area contributed by atoms with Crippen LogP contribution in [-0.4, -0.2) is 11.9 Å². The second-order valence-electron chi connectivity index (χ2n) is 4.13. The van der Waals surface area contributed by atoms with Gasteiger partial charge in [0.2, 0.25) is 5.91 Å². The summed E-state index contributed by atoms with van der Waals surface area (Å²) in [6.45, 7) is 0. The predicted octanol–water partition coefficient (Wildman–Crippen LogP) is 0.976. The third-order valence-electron chi connectivity index (χ3n) is 2.71. The Hall–Kier alpha value is -1.93. The van der Waals surface area contributed by atoms with E-state index in [1.807, 2.05) is 0 Å². The van der Waals surface area contributed by atoms with Crippen molar-refractivity contribution in [2.24, 2.45) is 5.73 Å². The minimum absolute atomic E-state index is 0.0775. The number of nitrogens with two attached hydrogens (primary N) is 1. The lowest BCUT2D eigenvalue weighted by Gasteiger charge is -2.15. The van der Waals surface area contributed by atoms with E-state index in [9.17, 15) is 9.18 Å². The van der Waals surface area contributed by atoms with Crippen LogP contribution in [0.5, 0.6) is 0 Å². The third kappa shape index (κ3) is 2.60. The maximum absolute atomic E-state index is 13.2. The summed E-state index contributed by atoms with van der Waals surface area (Å²) in [6, 6.07) is 5.39. The summed E-state index contributed by atoms with van der Waals surface area (Å²) < 4.78 is 13.2. The number of benzene rings is 1. The highest BCUT2D eigenvalue weighted by Gasteiger charge is 2.28. The van der Waals surface area contributed by atoms with E-state index in [0.29, 0.717) is 11.6 Å². The van der Waals surface area contributed by atoms with Crippen LogP contribution >= 0.6 is 0 Å². The summed E-state index contributed by atoms with van der Waals surface area (Å²) >= 11 is 0. The number of rotatable bonds is 4. The Labute approximate surface area is 98.2 Å². The van der Waals surface area contributed by atoms with Gasteiger partial charge in [0.25, 0.3) is 0 Å². The van der Waals surface area contributed by atoms with Crippen molar-refractivity contribution >= 4 is 5.91 Å². The summed E-state index contributed by atoms with van der Waals surface area (Å²) in [5.41, 5.74) is 5.75. The lowest BCUT2D eigenvalue weighted by Crippen LogP contribution is -2.34. The van der Waals surface area contributed by atoms with Gasteiger partial charge in [-0.2, -0.15) is 5.26 Å². The Balaban J connectivity index is 2.28. The van der Waals surface area contributed by atoms with E-state index < -0.39 is 17.8 Å². The molecule has 1 aromatic carbocycles. The number of hydrogen-bond acceptors (Lipinski definition) is 3. The van der Waals surface area contributed by atoms with Crippen molar-refractivity contribution < 1.29 is 9.18 Å². The van der Waals surface area contributed by atoms with E-state index in [0.717, 1.165) is 12.8 Å². The molecule has 1 fully saturated rings. The monoisotopic (exact) mass is 233 g/mol. The first kappa shape index (κ1) is 11.6. The average Bonchev–Trinajstić information content (AvgIpc) is 3.10. The van der Waals surface area contributed by atoms with Crippen molar-refractivity contribution in [1.29, 1.82) is 5.26 Å². The molecule has 5 heteroatoms. The molecular weight excluding hydrogens is 221 g/mol. The Morgan fingerprint density at radius 1 is 1.59 bits per heavy atom.